The van der Waals surface area contributed by atoms with E-state index in [0.29, 0.717) is 26.1 Å². The van der Waals surface area contributed by atoms with Crippen molar-refractivity contribution >= 4 is 5.91 Å². The van der Waals surface area contributed by atoms with E-state index in [9.17, 15) is 4.79 Å². The van der Waals surface area contributed by atoms with E-state index in [0.717, 1.165) is 5.69 Å². The zero-order valence-electron chi connectivity index (χ0n) is 10.6. The Hall–Kier alpha value is -1.46. The lowest BCUT2D eigenvalue weighted by atomic mass is 9.90. The molecule has 1 aliphatic heterocycles. The molecule has 1 aromatic heterocycles. The third kappa shape index (κ3) is 2.86. The molecule has 0 aromatic carbocycles. The van der Waals surface area contributed by atoms with Crippen LogP contribution in [0.1, 0.15) is 31.5 Å². The van der Waals surface area contributed by atoms with Gasteiger partial charge in [0, 0.05) is 19.4 Å². The average Bonchev–Trinajstić information content (AvgIpc) is 2.40. The number of hydrogen-bond acceptors (Lipinski definition) is 4. The van der Waals surface area contributed by atoms with E-state index in [1.807, 2.05) is 25.1 Å². The Bertz CT molecular complexity index is 402. The molecule has 0 spiro atoms. The van der Waals surface area contributed by atoms with Gasteiger partial charge in [-0.05, 0) is 31.9 Å². The molecule has 0 aliphatic carbocycles. The van der Waals surface area contributed by atoms with Crippen LogP contribution < -0.4 is 11.1 Å². The zero-order chi connectivity index (χ0) is 13.0. The number of pyridine rings is 1. The van der Waals surface area contributed by atoms with Crippen LogP contribution in [-0.2, 0) is 9.53 Å². The second-order valence-corrected chi connectivity index (χ2v) is 4.72. The van der Waals surface area contributed by atoms with Crippen LogP contribution in [0, 0.1) is 0 Å². The number of nitrogens with one attached hydrogen (secondary N) is 1. The van der Waals surface area contributed by atoms with Gasteiger partial charge in [0.25, 0.3) is 0 Å². The van der Waals surface area contributed by atoms with E-state index in [4.69, 9.17) is 10.5 Å². The third-order valence-corrected chi connectivity index (χ3v) is 3.32. The Kier molecular flexibility index (Phi) is 3.93. The van der Waals surface area contributed by atoms with Crippen molar-refractivity contribution in [1.29, 1.82) is 0 Å². The Balaban J connectivity index is 1.98. The highest BCUT2D eigenvalue weighted by Crippen LogP contribution is 2.19. The van der Waals surface area contributed by atoms with Gasteiger partial charge in [0.2, 0.25) is 5.91 Å². The van der Waals surface area contributed by atoms with Crippen LogP contribution in [0.5, 0.6) is 0 Å². The molecule has 1 aromatic rings. The molecule has 18 heavy (non-hydrogen) atoms. The first kappa shape index (κ1) is 13.0. The van der Waals surface area contributed by atoms with E-state index >= 15 is 0 Å². The van der Waals surface area contributed by atoms with Crippen molar-refractivity contribution in [2.24, 2.45) is 5.73 Å². The Morgan fingerprint density at radius 3 is 2.83 bits per heavy atom. The summed E-state index contributed by atoms with van der Waals surface area (Å²) in [6.45, 7) is 2.99. The molecular weight excluding hydrogens is 230 g/mol. The maximum atomic E-state index is 12.2. The molecule has 1 amide bonds. The van der Waals surface area contributed by atoms with Crippen LogP contribution in [0.2, 0.25) is 0 Å². The van der Waals surface area contributed by atoms with Crippen molar-refractivity contribution in [3.05, 3.63) is 30.1 Å². The minimum absolute atomic E-state index is 0.121. The van der Waals surface area contributed by atoms with Crippen molar-refractivity contribution in [1.82, 2.24) is 10.3 Å². The van der Waals surface area contributed by atoms with Gasteiger partial charge in [0.05, 0.1) is 17.3 Å². The SMILES string of the molecule is C[C@H](NC(=O)C1(N)CCOCC1)c1ccccn1. The van der Waals surface area contributed by atoms with Crippen molar-refractivity contribution < 1.29 is 9.53 Å². The number of nitrogens with zero attached hydrogens (tertiary/aromatic N) is 1. The standard InChI is InChI=1S/C13H19N3O2/c1-10(11-4-2-3-7-15-11)16-12(17)13(14)5-8-18-9-6-13/h2-4,7,10H,5-6,8-9,14H2,1H3,(H,16,17)/t10-/m0/s1. The number of carbonyl (C=O) groups excluding carboxylic acids is 1. The topological polar surface area (TPSA) is 77.2 Å². The first-order valence-electron chi connectivity index (χ1n) is 6.20. The Morgan fingerprint density at radius 2 is 2.22 bits per heavy atom. The lowest BCUT2D eigenvalue weighted by Crippen LogP contribution is -2.57. The molecule has 0 unspecified atom stereocenters. The lowest BCUT2D eigenvalue weighted by molar-refractivity contribution is -0.130. The summed E-state index contributed by atoms with van der Waals surface area (Å²) in [5.74, 6) is -0.121. The summed E-state index contributed by atoms with van der Waals surface area (Å²) >= 11 is 0. The normalized spacial score (nSPS) is 20.1. The van der Waals surface area contributed by atoms with E-state index in [2.05, 4.69) is 10.3 Å². The van der Waals surface area contributed by atoms with E-state index in [-0.39, 0.29) is 11.9 Å². The third-order valence-electron chi connectivity index (χ3n) is 3.32. The summed E-state index contributed by atoms with van der Waals surface area (Å²) < 4.78 is 5.23. The van der Waals surface area contributed by atoms with Gasteiger partial charge < -0.3 is 15.8 Å². The van der Waals surface area contributed by atoms with E-state index in [1.54, 1.807) is 6.20 Å². The van der Waals surface area contributed by atoms with E-state index < -0.39 is 5.54 Å². The number of ether oxygens (including phenoxy) is 1. The van der Waals surface area contributed by atoms with Crippen molar-refractivity contribution in [3.8, 4) is 0 Å². The molecule has 0 saturated carbocycles. The van der Waals surface area contributed by atoms with Crippen molar-refractivity contribution in [3.63, 3.8) is 0 Å². The highest BCUT2D eigenvalue weighted by atomic mass is 16.5. The minimum atomic E-state index is -0.804. The van der Waals surface area contributed by atoms with Gasteiger partial charge >= 0.3 is 0 Å². The fraction of sp³-hybridized carbons (Fsp3) is 0.538. The maximum Gasteiger partial charge on any atom is 0.240 e. The smallest absolute Gasteiger partial charge is 0.240 e. The van der Waals surface area contributed by atoms with Crippen molar-refractivity contribution in [2.75, 3.05) is 13.2 Å². The predicted octanol–water partition coefficient (Wildman–Crippen LogP) is 0.767. The molecule has 2 heterocycles. The number of rotatable bonds is 3. The Morgan fingerprint density at radius 1 is 1.50 bits per heavy atom. The average molecular weight is 249 g/mol. The number of amides is 1. The number of nitrogens with two attached hydrogens (primary N) is 1. The zero-order valence-corrected chi connectivity index (χ0v) is 10.6. The van der Waals surface area contributed by atoms with E-state index in [1.165, 1.54) is 0 Å². The molecule has 5 heteroatoms. The van der Waals surface area contributed by atoms with Crippen molar-refractivity contribution in [2.45, 2.75) is 31.3 Å². The number of carbonyl (C=O) groups is 1. The molecule has 0 bridgehead atoms. The molecule has 98 valence electrons. The van der Waals surface area contributed by atoms with Crippen LogP contribution in [0.3, 0.4) is 0 Å². The monoisotopic (exact) mass is 249 g/mol. The molecule has 1 aliphatic rings. The first-order valence-corrected chi connectivity index (χ1v) is 6.20. The van der Waals surface area contributed by atoms with Crippen LogP contribution >= 0.6 is 0 Å². The summed E-state index contributed by atoms with van der Waals surface area (Å²) in [5.41, 5.74) is 6.15. The molecule has 2 rings (SSSR count). The van der Waals surface area contributed by atoms with Gasteiger partial charge in [0.1, 0.15) is 0 Å². The molecule has 1 fully saturated rings. The van der Waals surface area contributed by atoms with Crippen LogP contribution in [0.25, 0.3) is 0 Å². The lowest BCUT2D eigenvalue weighted by Gasteiger charge is -2.32. The van der Waals surface area contributed by atoms with Gasteiger partial charge in [0.15, 0.2) is 0 Å². The Labute approximate surface area is 107 Å². The molecule has 5 nitrogen and oxygen atoms in total. The molecule has 3 N–H and O–H groups in total. The fourth-order valence-corrected chi connectivity index (χ4v) is 2.01. The summed E-state index contributed by atoms with van der Waals surface area (Å²) in [6, 6.07) is 5.50. The molecular formula is C13H19N3O2. The predicted molar refractivity (Wildman–Crippen MR) is 67.8 cm³/mol. The van der Waals surface area contributed by atoms with Gasteiger partial charge in [-0.2, -0.15) is 0 Å². The fourth-order valence-electron chi connectivity index (χ4n) is 2.01. The molecule has 0 radical (unpaired) electrons. The summed E-state index contributed by atoms with van der Waals surface area (Å²) in [5, 5.41) is 2.92. The quantitative estimate of drug-likeness (QED) is 0.829. The number of hydrogen-bond donors (Lipinski definition) is 2. The summed E-state index contributed by atoms with van der Waals surface area (Å²) in [6.07, 6.45) is 2.84. The van der Waals surface area contributed by atoms with Gasteiger partial charge in [-0.3, -0.25) is 9.78 Å². The summed E-state index contributed by atoms with van der Waals surface area (Å²) in [4.78, 5) is 16.4. The number of aromatic nitrogens is 1. The van der Waals surface area contributed by atoms with Crippen LogP contribution in [0.4, 0.5) is 0 Å². The van der Waals surface area contributed by atoms with Gasteiger partial charge in [-0.1, -0.05) is 6.07 Å². The second-order valence-electron chi connectivity index (χ2n) is 4.72. The van der Waals surface area contributed by atoms with Crippen LogP contribution in [0.15, 0.2) is 24.4 Å². The highest BCUT2D eigenvalue weighted by molar-refractivity contribution is 5.86. The second kappa shape index (κ2) is 5.46. The maximum absolute atomic E-state index is 12.2. The minimum Gasteiger partial charge on any atom is -0.381 e. The highest BCUT2D eigenvalue weighted by Gasteiger charge is 2.36. The van der Waals surface area contributed by atoms with Gasteiger partial charge in [-0.15, -0.1) is 0 Å². The largest absolute Gasteiger partial charge is 0.381 e. The van der Waals surface area contributed by atoms with Crippen LogP contribution in [-0.4, -0.2) is 29.6 Å². The summed E-state index contributed by atoms with van der Waals surface area (Å²) in [7, 11) is 0. The molecule has 1 atom stereocenters. The first-order chi connectivity index (χ1) is 8.62. The van der Waals surface area contributed by atoms with Gasteiger partial charge in [-0.25, -0.2) is 0 Å². The molecule has 1 saturated heterocycles.